The molecule has 1 aliphatic rings. The highest BCUT2D eigenvalue weighted by Crippen LogP contribution is 2.23. The zero-order valence-corrected chi connectivity index (χ0v) is 10.7. The van der Waals surface area contributed by atoms with Crippen LogP contribution in [0.15, 0.2) is 18.2 Å². The van der Waals surface area contributed by atoms with Crippen LogP contribution in [-0.4, -0.2) is 23.6 Å². The first-order chi connectivity index (χ1) is 9.11. The predicted molar refractivity (Wildman–Crippen MR) is 71.9 cm³/mol. The standard InChI is InChI=1S/C13H16N4O2/c1-9-12(3-2-6-15-9)16-11-4-5-13(17(18)19)10(7-11)8-14/h4-5,7,9,12,15-16H,2-3,6H2,1H3. The van der Waals surface area contributed by atoms with E-state index < -0.39 is 4.92 Å². The van der Waals surface area contributed by atoms with Crippen molar-refractivity contribution in [3.8, 4) is 6.07 Å². The minimum Gasteiger partial charge on any atom is -0.381 e. The molecule has 1 heterocycles. The molecule has 1 aliphatic heterocycles. The Morgan fingerprint density at radius 1 is 1.58 bits per heavy atom. The third kappa shape index (κ3) is 3.01. The van der Waals surface area contributed by atoms with Crippen molar-refractivity contribution in [1.29, 1.82) is 5.26 Å². The van der Waals surface area contributed by atoms with E-state index in [-0.39, 0.29) is 17.3 Å². The van der Waals surface area contributed by atoms with Gasteiger partial charge < -0.3 is 10.6 Å². The zero-order valence-electron chi connectivity index (χ0n) is 10.7. The SMILES string of the molecule is CC1NCCCC1Nc1ccc([N+](=O)[O-])c(C#N)c1. The van der Waals surface area contributed by atoms with Crippen molar-refractivity contribution in [2.75, 3.05) is 11.9 Å². The Bertz CT molecular complexity index is 524. The van der Waals surface area contributed by atoms with Crippen molar-refractivity contribution < 1.29 is 4.92 Å². The van der Waals surface area contributed by atoms with E-state index in [4.69, 9.17) is 5.26 Å². The first kappa shape index (κ1) is 13.3. The number of rotatable bonds is 3. The second-order valence-corrected chi connectivity index (χ2v) is 4.74. The number of nitrogens with zero attached hydrogens (tertiary/aromatic N) is 2. The normalized spacial score (nSPS) is 22.5. The van der Waals surface area contributed by atoms with E-state index >= 15 is 0 Å². The van der Waals surface area contributed by atoms with E-state index in [1.807, 2.05) is 6.07 Å². The lowest BCUT2D eigenvalue weighted by Crippen LogP contribution is -2.46. The largest absolute Gasteiger partial charge is 0.381 e. The van der Waals surface area contributed by atoms with Crippen LogP contribution in [-0.2, 0) is 0 Å². The van der Waals surface area contributed by atoms with Crippen molar-refractivity contribution >= 4 is 11.4 Å². The minimum absolute atomic E-state index is 0.0893. The van der Waals surface area contributed by atoms with Crippen LogP contribution in [0.1, 0.15) is 25.3 Å². The summed E-state index contributed by atoms with van der Waals surface area (Å²) >= 11 is 0. The lowest BCUT2D eigenvalue weighted by atomic mass is 9.99. The van der Waals surface area contributed by atoms with Crippen molar-refractivity contribution in [2.24, 2.45) is 0 Å². The van der Waals surface area contributed by atoms with E-state index in [0.717, 1.165) is 25.1 Å². The number of hydrogen-bond donors (Lipinski definition) is 2. The van der Waals surface area contributed by atoms with Crippen LogP contribution >= 0.6 is 0 Å². The molecular weight excluding hydrogens is 244 g/mol. The summed E-state index contributed by atoms with van der Waals surface area (Å²) in [5.41, 5.74) is 0.692. The van der Waals surface area contributed by atoms with Gasteiger partial charge in [0.2, 0.25) is 0 Å². The number of hydrogen-bond acceptors (Lipinski definition) is 5. The van der Waals surface area contributed by atoms with Gasteiger partial charge in [-0.3, -0.25) is 10.1 Å². The molecule has 1 aromatic carbocycles. The minimum atomic E-state index is -0.535. The van der Waals surface area contributed by atoms with Gasteiger partial charge in [0.25, 0.3) is 5.69 Å². The smallest absolute Gasteiger partial charge is 0.287 e. The highest BCUT2D eigenvalue weighted by atomic mass is 16.6. The van der Waals surface area contributed by atoms with Gasteiger partial charge in [-0.25, -0.2) is 0 Å². The summed E-state index contributed by atoms with van der Waals surface area (Å²) < 4.78 is 0. The molecule has 0 amide bonds. The van der Waals surface area contributed by atoms with E-state index in [1.165, 1.54) is 6.07 Å². The maximum absolute atomic E-state index is 10.8. The highest BCUT2D eigenvalue weighted by molar-refractivity contribution is 5.59. The van der Waals surface area contributed by atoms with Gasteiger partial charge >= 0.3 is 0 Å². The molecule has 2 N–H and O–H groups in total. The van der Waals surface area contributed by atoms with E-state index in [0.29, 0.717) is 6.04 Å². The van der Waals surface area contributed by atoms with Gasteiger partial charge in [0, 0.05) is 23.8 Å². The van der Waals surface area contributed by atoms with Crippen molar-refractivity contribution in [1.82, 2.24) is 5.32 Å². The molecule has 2 unspecified atom stereocenters. The highest BCUT2D eigenvalue weighted by Gasteiger charge is 2.21. The second-order valence-electron chi connectivity index (χ2n) is 4.74. The molecule has 100 valence electrons. The quantitative estimate of drug-likeness (QED) is 0.641. The molecule has 0 radical (unpaired) electrons. The zero-order chi connectivity index (χ0) is 13.8. The third-order valence-corrected chi connectivity index (χ3v) is 3.43. The van der Waals surface area contributed by atoms with Gasteiger partial charge in [-0.05, 0) is 38.4 Å². The summed E-state index contributed by atoms with van der Waals surface area (Å²) in [4.78, 5) is 10.2. The molecule has 0 saturated carbocycles. The Kier molecular flexibility index (Phi) is 3.97. The Morgan fingerprint density at radius 3 is 3.00 bits per heavy atom. The van der Waals surface area contributed by atoms with Gasteiger partial charge in [-0.15, -0.1) is 0 Å². The molecule has 0 spiro atoms. The molecule has 0 bridgehead atoms. The monoisotopic (exact) mass is 260 g/mol. The molecule has 2 rings (SSSR count). The van der Waals surface area contributed by atoms with Crippen LogP contribution in [0, 0.1) is 21.4 Å². The number of piperidine rings is 1. The molecule has 0 aliphatic carbocycles. The molecule has 2 atom stereocenters. The van der Waals surface area contributed by atoms with E-state index in [1.54, 1.807) is 12.1 Å². The predicted octanol–water partition coefficient (Wildman–Crippen LogP) is 2.02. The number of nitro benzene ring substituents is 1. The first-order valence-electron chi connectivity index (χ1n) is 6.30. The Balaban J connectivity index is 2.17. The first-order valence-corrected chi connectivity index (χ1v) is 6.30. The van der Waals surface area contributed by atoms with Gasteiger partial charge in [-0.2, -0.15) is 5.26 Å². The lowest BCUT2D eigenvalue weighted by Gasteiger charge is -2.31. The van der Waals surface area contributed by atoms with Crippen LogP contribution in [0.5, 0.6) is 0 Å². The molecule has 1 aromatic rings. The topological polar surface area (TPSA) is 91.0 Å². The number of nitriles is 1. The van der Waals surface area contributed by atoms with E-state index in [2.05, 4.69) is 17.6 Å². The molecular formula is C13H16N4O2. The second kappa shape index (κ2) is 5.67. The van der Waals surface area contributed by atoms with Gasteiger partial charge in [0.05, 0.1) is 4.92 Å². The summed E-state index contributed by atoms with van der Waals surface area (Å²) in [7, 11) is 0. The maximum atomic E-state index is 10.8. The van der Waals surface area contributed by atoms with E-state index in [9.17, 15) is 10.1 Å². The molecule has 1 fully saturated rings. The molecule has 1 saturated heterocycles. The van der Waals surface area contributed by atoms with Crippen LogP contribution in [0.3, 0.4) is 0 Å². The van der Waals surface area contributed by atoms with Crippen molar-refractivity contribution in [3.05, 3.63) is 33.9 Å². The number of nitrogens with one attached hydrogen (secondary N) is 2. The van der Waals surface area contributed by atoms with Crippen LogP contribution in [0.2, 0.25) is 0 Å². The van der Waals surface area contributed by atoms with Crippen molar-refractivity contribution in [2.45, 2.75) is 31.8 Å². The fourth-order valence-electron chi connectivity index (χ4n) is 2.33. The molecule has 0 aromatic heterocycles. The summed E-state index contributed by atoms with van der Waals surface area (Å²) in [6.07, 6.45) is 2.15. The maximum Gasteiger partial charge on any atom is 0.287 e. The fraction of sp³-hybridized carbons (Fsp3) is 0.462. The van der Waals surface area contributed by atoms with Crippen LogP contribution < -0.4 is 10.6 Å². The molecule has 19 heavy (non-hydrogen) atoms. The Morgan fingerprint density at radius 2 is 2.37 bits per heavy atom. The van der Waals surface area contributed by atoms with Gasteiger partial charge in [-0.1, -0.05) is 0 Å². The average molecular weight is 260 g/mol. The van der Waals surface area contributed by atoms with Gasteiger partial charge in [0.15, 0.2) is 0 Å². The molecule has 6 nitrogen and oxygen atoms in total. The van der Waals surface area contributed by atoms with Crippen LogP contribution in [0.25, 0.3) is 0 Å². The Labute approximate surface area is 111 Å². The molecule has 6 heteroatoms. The Hall–Kier alpha value is -2.13. The van der Waals surface area contributed by atoms with Gasteiger partial charge in [0.1, 0.15) is 11.6 Å². The summed E-state index contributed by atoms with van der Waals surface area (Å²) in [6, 6.07) is 7.06. The fourth-order valence-corrected chi connectivity index (χ4v) is 2.33. The van der Waals surface area contributed by atoms with Crippen molar-refractivity contribution in [3.63, 3.8) is 0 Å². The number of benzene rings is 1. The van der Waals surface area contributed by atoms with Crippen LogP contribution in [0.4, 0.5) is 11.4 Å². The average Bonchev–Trinajstić information content (AvgIpc) is 2.41. The summed E-state index contributed by atoms with van der Waals surface area (Å²) in [6.45, 7) is 3.12. The number of nitro groups is 1. The number of anilines is 1. The summed E-state index contributed by atoms with van der Waals surface area (Å²) in [5.74, 6) is 0. The lowest BCUT2D eigenvalue weighted by molar-refractivity contribution is -0.385. The summed E-state index contributed by atoms with van der Waals surface area (Å²) in [5, 5.41) is 26.4. The third-order valence-electron chi connectivity index (χ3n) is 3.43.